The molecular weight excluding hydrogens is 266 g/mol. The Morgan fingerprint density at radius 1 is 1.24 bits per heavy atom. The summed E-state index contributed by atoms with van der Waals surface area (Å²) in [4.78, 5) is 15.6. The summed E-state index contributed by atoms with van der Waals surface area (Å²) < 4.78 is 5.66. The highest BCUT2D eigenvalue weighted by Gasteiger charge is 2.16. The maximum absolute atomic E-state index is 12.0. The average molecular weight is 293 g/mol. The first-order chi connectivity index (χ1) is 10.0. The fourth-order valence-corrected chi connectivity index (χ4v) is 2.01. The quantitative estimate of drug-likeness (QED) is 0.748. The molecule has 118 valence electrons. The van der Waals surface area contributed by atoms with Crippen molar-refractivity contribution in [3.8, 4) is 5.75 Å². The SMILES string of the molecule is CCCOc1cccc(N(CCC)CC(=O)N(C)C)c1N. The Morgan fingerprint density at radius 2 is 1.95 bits per heavy atom. The molecule has 2 N–H and O–H groups in total. The van der Waals surface area contributed by atoms with Crippen molar-refractivity contribution in [2.75, 3.05) is 44.4 Å². The minimum atomic E-state index is 0.0581. The number of carbonyl (C=O) groups is 1. The highest BCUT2D eigenvalue weighted by molar-refractivity contribution is 5.84. The van der Waals surface area contributed by atoms with Crippen LogP contribution in [0.4, 0.5) is 11.4 Å². The van der Waals surface area contributed by atoms with E-state index in [0.717, 1.165) is 25.1 Å². The zero-order valence-electron chi connectivity index (χ0n) is 13.6. The number of nitrogens with two attached hydrogens (primary N) is 1. The van der Waals surface area contributed by atoms with Crippen LogP contribution in [0.5, 0.6) is 5.75 Å². The van der Waals surface area contributed by atoms with Crippen molar-refractivity contribution in [1.82, 2.24) is 4.90 Å². The summed E-state index contributed by atoms with van der Waals surface area (Å²) in [7, 11) is 3.52. The Labute approximate surface area is 127 Å². The maximum Gasteiger partial charge on any atom is 0.241 e. The Bertz CT molecular complexity index is 461. The van der Waals surface area contributed by atoms with E-state index >= 15 is 0 Å². The van der Waals surface area contributed by atoms with Gasteiger partial charge in [-0.3, -0.25) is 4.79 Å². The molecule has 0 aliphatic rings. The number of para-hydroxylation sites is 1. The molecule has 0 bridgehead atoms. The molecule has 0 saturated carbocycles. The van der Waals surface area contributed by atoms with Crippen molar-refractivity contribution in [1.29, 1.82) is 0 Å². The van der Waals surface area contributed by atoms with Crippen LogP contribution in [0, 0.1) is 0 Å². The van der Waals surface area contributed by atoms with Crippen molar-refractivity contribution in [3.05, 3.63) is 18.2 Å². The topological polar surface area (TPSA) is 58.8 Å². The number of likely N-dealkylation sites (N-methyl/N-ethyl adjacent to an activating group) is 1. The second kappa shape index (κ2) is 8.39. The number of anilines is 2. The molecule has 0 aliphatic heterocycles. The van der Waals surface area contributed by atoms with Crippen LogP contribution in [-0.4, -0.2) is 44.6 Å². The van der Waals surface area contributed by atoms with E-state index in [1.54, 1.807) is 19.0 Å². The van der Waals surface area contributed by atoms with Crippen LogP contribution in [0.1, 0.15) is 26.7 Å². The molecule has 0 atom stereocenters. The van der Waals surface area contributed by atoms with Gasteiger partial charge in [-0.05, 0) is 25.0 Å². The average Bonchev–Trinajstić information content (AvgIpc) is 2.45. The monoisotopic (exact) mass is 293 g/mol. The summed E-state index contributed by atoms with van der Waals surface area (Å²) in [5.41, 5.74) is 7.68. The van der Waals surface area contributed by atoms with Gasteiger partial charge in [-0.25, -0.2) is 0 Å². The van der Waals surface area contributed by atoms with Crippen molar-refractivity contribution in [2.24, 2.45) is 0 Å². The summed E-state index contributed by atoms with van der Waals surface area (Å²) in [6.45, 7) is 5.88. The number of hydrogen-bond acceptors (Lipinski definition) is 4. The number of hydrogen-bond donors (Lipinski definition) is 1. The lowest BCUT2D eigenvalue weighted by molar-refractivity contribution is -0.127. The largest absolute Gasteiger partial charge is 0.491 e. The molecule has 0 unspecified atom stereocenters. The smallest absolute Gasteiger partial charge is 0.241 e. The highest BCUT2D eigenvalue weighted by atomic mass is 16.5. The molecule has 5 nitrogen and oxygen atoms in total. The number of amides is 1. The second-order valence-corrected chi connectivity index (χ2v) is 5.25. The van der Waals surface area contributed by atoms with Gasteiger partial charge in [0, 0.05) is 20.6 Å². The maximum atomic E-state index is 12.0. The van der Waals surface area contributed by atoms with Crippen molar-refractivity contribution < 1.29 is 9.53 Å². The second-order valence-electron chi connectivity index (χ2n) is 5.25. The molecule has 1 aromatic rings. The zero-order valence-corrected chi connectivity index (χ0v) is 13.6. The molecule has 0 fully saturated rings. The van der Waals surface area contributed by atoms with Gasteiger partial charge in [0.1, 0.15) is 5.75 Å². The van der Waals surface area contributed by atoms with Crippen molar-refractivity contribution in [2.45, 2.75) is 26.7 Å². The first kappa shape index (κ1) is 17.1. The van der Waals surface area contributed by atoms with E-state index in [1.165, 1.54) is 0 Å². The number of benzene rings is 1. The summed E-state index contributed by atoms with van der Waals surface area (Å²) in [6.07, 6.45) is 1.88. The lowest BCUT2D eigenvalue weighted by atomic mass is 10.2. The molecule has 1 amide bonds. The van der Waals surface area contributed by atoms with Gasteiger partial charge in [-0.15, -0.1) is 0 Å². The molecule has 0 saturated heterocycles. The van der Waals surface area contributed by atoms with Crippen LogP contribution in [0.25, 0.3) is 0 Å². The number of nitrogen functional groups attached to an aromatic ring is 1. The molecule has 1 aromatic carbocycles. The normalized spacial score (nSPS) is 10.3. The van der Waals surface area contributed by atoms with Crippen LogP contribution < -0.4 is 15.4 Å². The van der Waals surface area contributed by atoms with E-state index in [-0.39, 0.29) is 5.91 Å². The molecule has 0 radical (unpaired) electrons. The molecule has 21 heavy (non-hydrogen) atoms. The van der Waals surface area contributed by atoms with E-state index in [4.69, 9.17) is 10.5 Å². The third-order valence-electron chi connectivity index (χ3n) is 3.16. The number of nitrogens with zero attached hydrogens (tertiary/aromatic N) is 2. The molecule has 0 aliphatic carbocycles. The highest BCUT2D eigenvalue weighted by Crippen LogP contribution is 2.32. The third-order valence-corrected chi connectivity index (χ3v) is 3.16. The molecule has 5 heteroatoms. The minimum Gasteiger partial charge on any atom is -0.491 e. The van der Waals surface area contributed by atoms with Gasteiger partial charge in [0.05, 0.1) is 24.5 Å². The Balaban J connectivity index is 2.99. The van der Waals surface area contributed by atoms with Crippen LogP contribution in [-0.2, 0) is 4.79 Å². The zero-order chi connectivity index (χ0) is 15.8. The third kappa shape index (κ3) is 4.85. The van der Waals surface area contributed by atoms with Crippen LogP contribution >= 0.6 is 0 Å². The van der Waals surface area contributed by atoms with E-state index in [1.807, 2.05) is 23.1 Å². The van der Waals surface area contributed by atoms with E-state index < -0.39 is 0 Å². The Hall–Kier alpha value is -1.91. The first-order valence-corrected chi connectivity index (χ1v) is 7.47. The number of rotatable bonds is 8. The summed E-state index contributed by atoms with van der Waals surface area (Å²) in [5.74, 6) is 0.746. The fraction of sp³-hybridized carbons (Fsp3) is 0.562. The molecular formula is C16H27N3O2. The molecule has 0 heterocycles. The minimum absolute atomic E-state index is 0.0581. The predicted molar refractivity (Wildman–Crippen MR) is 87.8 cm³/mol. The van der Waals surface area contributed by atoms with Crippen LogP contribution in [0.2, 0.25) is 0 Å². The molecule has 0 aromatic heterocycles. The van der Waals surface area contributed by atoms with Crippen LogP contribution in [0.15, 0.2) is 18.2 Å². The Morgan fingerprint density at radius 3 is 2.52 bits per heavy atom. The Kier molecular flexibility index (Phi) is 6.85. The first-order valence-electron chi connectivity index (χ1n) is 7.47. The van der Waals surface area contributed by atoms with Gasteiger partial charge in [-0.1, -0.05) is 19.9 Å². The van der Waals surface area contributed by atoms with Crippen LogP contribution in [0.3, 0.4) is 0 Å². The fourth-order valence-electron chi connectivity index (χ4n) is 2.01. The lowest BCUT2D eigenvalue weighted by Gasteiger charge is -2.27. The molecule has 1 rings (SSSR count). The summed E-state index contributed by atoms with van der Waals surface area (Å²) in [5, 5.41) is 0. The van der Waals surface area contributed by atoms with Gasteiger partial charge in [0.2, 0.25) is 5.91 Å². The van der Waals surface area contributed by atoms with Crippen molar-refractivity contribution >= 4 is 17.3 Å². The van der Waals surface area contributed by atoms with E-state index in [2.05, 4.69) is 13.8 Å². The van der Waals surface area contributed by atoms with E-state index in [0.29, 0.717) is 24.6 Å². The standard InChI is InChI=1S/C16H27N3O2/c1-5-10-19(12-15(20)18(3)4)13-8-7-9-14(16(13)17)21-11-6-2/h7-9H,5-6,10-12,17H2,1-4H3. The summed E-state index contributed by atoms with van der Waals surface area (Å²) in [6, 6.07) is 5.72. The number of ether oxygens (including phenoxy) is 1. The lowest BCUT2D eigenvalue weighted by Crippen LogP contribution is -2.37. The summed E-state index contributed by atoms with van der Waals surface area (Å²) >= 11 is 0. The van der Waals surface area contributed by atoms with Crippen molar-refractivity contribution in [3.63, 3.8) is 0 Å². The van der Waals surface area contributed by atoms with Gasteiger partial charge < -0.3 is 20.3 Å². The van der Waals surface area contributed by atoms with Gasteiger partial charge in [-0.2, -0.15) is 0 Å². The van der Waals surface area contributed by atoms with E-state index in [9.17, 15) is 4.79 Å². The number of carbonyl (C=O) groups excluding carboxylic acids is 1. The van der Waals surface area contributed by atoms with Gasteiger partial charge in [0.15, 0.2) is 0 Å². The predicted octanol–water partition coefficient (Wildman–Crippen LogP) is 2.36. The van der Waals surface area contributed by atoms with Gasteiger partial charge in [0.25, 0.3) is 0 Å². The molecule has 0 spiro atoms. The van der Waals surface area contributed by atoms with Gasteiger partial charge >= 0.3 is 0 Å².